The summed E-state index contributed by atoms with van der Waals surface area (Å²) in [5.41, 5.74) is 1.19. The average Bonchev–Trinajstić information content (AvgIpc) is 2.68. The van der Waals surface area contributed by atoms with Crippen LogP contribution < -0.4 is 0 Å². The van der Waals surface area contributed by atoms with Crippen molar-refractivity contribution < 1.29 is 14.5 Å². The molecule has 1 amide bonds. The zero-order valence-electron chi connectivity index (χ0n) is 8.06. The number of rotatable bonds is 1. The van der Waals surface area contributed by atoms with E-state index in [1.807, 2.05) is 24.3 Å². The normalized spacial score (nSPS) is 20.1. The Morgan fingerprint density at radius 2 is 2.07 bits per heavy atom. The number of nitrogens with zero attached hydrogens (tertiary/aromatic N) is 1. The van der Waals surface area contributed by atoms with E-state index in [4.69, 9.17) is 5.11 Å². The van der Waals surface area contributed by atoms with Gasteiger partial charge in [-0.3, -0.25) is 0 Å². The van der Waals surface area contributed by atoms with Crippen molar-refractivity contribution >= 4 is 28.2 Å². The van der Waals surface area contributed by atoms with Crippen LogP contribution >= 0.6 is 15.9 Å². The van der Waals surface area contributed by atoms with Crippen molar-refractivity contribution in [3.8, 4) is 0 Å². The van der Waals surface area contributed by atoms with Gasteiger partial charge >= 0.3 is 6.09 Å². The summed E-state index contributed by atoms with van der Waals surface area (Å²) in [6.45, 7) is 0.566. The van der Waals surface area contributed by atoms with E-state index in [9.17, 15) is 4.79 Å². The predicted octanol–water partition coefficient (Wildman–Crippen LogP) is 2.70. The Balaban J connectivity index is 2.10. The van der Waals surface area contributed by atoms with Crippen molar-refractivity contribution in [2.75, 3.05) is 6.54 Å². The molecule has 1 heterocycles. The molecule has 0 saturated heterocycles. The Labute approximate surface area is 96.2 Å². The maximum absolute atomic E-state index is 10.7. The van der Waals surface area contributed by atoms with Gasteiger partial charge in [0.15, 0.2) is 12.8 Å². The molecule has 0 radical (unpaired) electrons. The minimum atomic E-state index is -0.866. The molecule has 1 aromatic carbocycles. The highest BCUT2D eigenvalue weighted by molar-refractivity contribution is 9.10. The minimum absolute atomic E-state index is 0.300. The molecule has 15 heavy (non-hydrogen) atoms. The van der Waals surface area contributed by atoms with E-state index in [1.165, 1.54) is 10.1 Å². The van der Waals surface area contributed by atoms with Crippen LogP contribution in [0.1, 0.15) is 17.9 Å². The van der Waals surface area contributed by atoms with Crippen molar-refractivity contribution in [1.82, 2.24) is 0 Å². The van der Waals surface area contributed by atoms with Gasteiger partial charge in [-0.2, -0.15) is 4.79 Å². The molecule has 1 N–H and O–H groups in total. The largest absolute Gasteiger partial charge is 0.593 e. The van der Waals surface area contributed by atoms with Crippen LogP contribution in [0.15, 0.2) is 28.7 Å². The number of amides is 1. The van der Waals surface area contributed by atoms with Gasteiger partial charge in [0.25, 0.3) is 0 Å². The molecule has 1 aliphatic rings. The molecule has 3 nitrogen and oxygen atoms in total. The van der Waals surface area contributed by atoms with Crippen LogP contribution in [0.4, 0.5) is 4.79 Å². The summed E-state index contributed by atoms with van der Waals surface area (Å²) in [6.07, 6.45) is 1.68. The van der Waals surface area contributed by atoms with E-state index < -0.39 is 6.09 Å². The molecule has 0 saturated carbocycles. The predicted molar refractivity (Wildman–Crippen MR) is 60.7 cm³/mol. The highest BCUT2D eigenvalue weighted by Crippen LogP contribution is 2.24. The second-order valence-corrected chi connectivity index (χ2v) is 4.52. The van der Waals surface area contributed by atoms with E-state index in [-0.39, 0.29) is 0 Å². The highest BCUT2D eigenvalue weighted by atomic mass is 79.9. The Bertz CT molecular complexity index is 411. The first-order chi connectivity index (χ1) is 7.16. The Kier molecular flexibility index (Phi) is 2.86. The smallest absolute Gasteiger partial charge is 0.427 e. The monoisotopic (exact) mass is 268 g/mol. The van der Waals surface area contributed by atoms with Gasteiger partial charge in [-0.25, -0.2) is 0 Å². The van der Waals surface area contributed by atoms with Crippen molar-refractivity contribution in [3.05, 3.63) is 34.3 Å². The molecule has 1 aliphatic heterocycles. The van der Waals surface area contributed by atoms with E-state index in [0.717, 1.165) is 10.9 Å². The van der Waals surface area contributed by atoms with Gasteiger partial charge in [0, 0.05) is 10.9 Å². The maximum atomic E-state index is 10.7. The fourth-order valence-corrected chi connectivity index (χ4v) is 2.04. The Hall–Kier alpha value is -1.16. The Morgan fingerprint density at radius 1 is 1.40 bits per heavy atom. The van der Waals surface area contributed by atoms with Crippen LogP contribution in [0.25, 0.3) is 0 Å². The average molecular weight is 269 g/mol. The van der Waals surface area contributed by atoms with Crippen LogP contribution in [-0.2, 0) is 0 Å². The van der Waals surface area contributed by atoms with E-state index in [1.54, 1.807) is 6.21 Å². The standard InChI is InChI=1S/C11H10BrNO2/c12-10-3-1-8(2-4-10)9-5-6-13(7-9)11(14)15/h1-4,6,9H,5,7H2/p+1. The van der Waals surface area contributed by atoms with Gasteiger partial charge in [0.05, 0.1) is 5.92 Å². The Morgan fingerprint density at radius 3 is 2.60 bits per heavy atom. The lowest BCUT2D eigenvalue weighted by Gasteiger charge is -2.05. The highest BCUT2D eigenvalue weighted by Gasteiger charge is 2.29. The van der Waals surface area contributed by atoms with Crippen LogP contribution in [-0.4, -0.2) is 28.5 Å². The SMILES string of the molecule is O=C(O)[N+]1=CCC(c2ccc(Br)cc2)C1. The fraction of sp³-hybridized carbons (Fsp3) is 0.273. The second kappa shape index (κ2) is 4.14. The summed E-state index contributed by atoms with van der Waals surface area (Å²) in [4.78, 5) is 10.7. The molecular formula is C11H11BrNO2+. The van der Waals surface area contributed by atoms with Crippen LogP contribution in [0.3, 0.4) is 0 Å². The number of hydrogen-bond acceptors (Lipinski definition) is 1. The number of benzene rings is 1. The van der Waals surface area contributed by atoms with Gasteiger partial charge < -0.3 is 5.11 Å². The molecule has 0 fully saturated rings. The molecule has 0 aromatic heterocycles. The zero-order chi connectivity index (χ0) is 10.8. The minimum Gasteiger partial charge on any atom is -0.427 e. The molecule has 0 bridgehead atoms. The van der Waals surface area contributed by atoms with Gasteiger partial charge in [0.2, 0.25) is 0 Å². The van der Waals surface area contributed by atoms with Crippen molar-refractivity contribution in [3.63, 3.8) is 0 Å². The van der Waals surface area contributed by atoms with Gasteiger partial charge in [0.1, 0.15) is 0 Å². The van der Waals surface area contributed by atoms with E-state index >= 15 is 0 Å². The van der Waals surface area contributed by atoms with Gasteiger partial charge in [-0.15, -0.1) is 4.58 Å². The van der Waals surface area contributed by atoms with Crippen LogP contribution in [0.5, 0.6) is 0 Å². The molecule has 1 atom stereocenters. The topological polar surface area (TPSA) is 40.3 Å². The van der Waals surface area contributed by atoms with Gasteiger partial charge in [-0.1, -0.05) is 28.1 Å². The molecule has 1 aromatic rings. The third-order valence-corrected chi connectivity index (χ3v) is 3.14. The molecule has 0 aliphatic carbocycles. The summed E-state index contributed by atoms with van der Waals surface area (Å²) >= 11 is 3.38. The third-order valence-electron chi connectivity index (χ3n) is 2.61. The van der Waals surface area contributed by atoms with Crippen molar-refractivity contribution in [2.24, 2.45) is 0 Å². The summed E-state index contributed by atoms with van der Waals surface area (Å²) in [7, 11) is 0. The quantitative estimate of drug-likeness (QED) is 0.796. The van der Waals surface area contributed by atoms with Gasteiger partial charge in [-0.05, 0) is 17.7 Å². The summed E-state index contributed by atoms with van der Waals surface area (Å²) in [6, 6.07) is 8.04. The number of carbonyl (C=O) groups is 1. The van der Waals surface area contributed by atoms with Crippen LogP contribution in [0, 0.1) is 0 Å². The lowest BCUT2D eigenvalue weighted by Crippen LogP contribution is -2.18. The first-order valence-corrected chi connectivity index (χ1v) is 5.54. The molecule has 4 heteroatoms. The fourth-order valence-electron chi connectivity index (χ4n) is 1.77. The number of carboxylic acid groups (broad SMARTS) is 1. The first kappa shape index (κ1) is 10.4. The lowest BCUT2D eigenvalue weighted by atomic mass is 9.98. The van der Waals surface area contributed by atoms with Crippen LogP contribution in [0.2, 0.25) is 0 Å². The van der Waals surface area contributed by atoms with Crippen molar-refractivity contribution in [1.29, 1.82) is 0 Å². The first-order valence-electron chi connectivity index (χ1n) is 4.75. The molecule has 0 spiro atoms. The zero-order valence-corrected chi connectivity index (χ0v) is 9.64. The third kappa shape index (κ3) is 2.26. The van der Waals surface area contributed by atoms with E-state index in [0.29, 0.717) is 12.5 Å². The lowest BCUT2D eigenvalue weighted by molar-refractivity contribution is -0.433. The van der Waals surface area contributed by atoms with Crippen molar-refractivity contribution in [2.45, 2.75) is 12.3 Å². The summed E-state index contributed by atoms with van der Waals surface area (Å²) < 4.78 is 2.40. The van der Waals surface area contributed by atoms with E-state index in [2.05, 4.69) is 15.9 Å². The maximum Gasteiger partial charge on any atom is 0.593 e. The number of hydrogen-bond donors (Lipinski definition) is 1. The second-order valence-electron chi connectivity index (χ2n) is 3.60. The summed E-state index contributed by atoms with van der Waals surface area (Å²) in [5, 5.41) is 8.81. The molecule has 1 unspecified atom stereocenters. The number of halogens is 1. The summed E-state index contributed by atoms with van der Waals surface area (Å²) in [5.74, 6) is 0.300. The molecule has 2 rings (SSSR count). The molecular weight excluding hydrogens is 258 g/mol. The molecule has 78 valence electrons.